The molecule has 1 fully saturated rings. The van der Waals surface area contributed by atoms with E-state index >= 15 is 0 Å². The van der Waals surface area contributed by atoms with Gasteiger partial charge in [0.1, 0.15) is 12.4 Å². The highest BCUT2D eigenvalue weighted by molar-refractivity contribution is 6.30. The molecule has 148 valence electrons. The average Bonchev–Trinajstić information content (AvgIpc) is 3.22. The Morgan fingerprint density at radius 2 is 1.96 bits per heavy atom. The summed E-state index contributed by atoms with van der Waals surface area (Å²) in [6.45, 7) is 1.17. The number of carbonyl (C=O) groups is 1. The molecule has 2 atom stereocenters. The van der Waals surface area contributed by atoms with Crippen LogP contribution in [-0.2, 0) is 11.2 Å². The molecule has 0 bridgehead atoms. The molecule has 2 heterocycles. The molecule has 0 aliphatic carbocycles. The highest BCUT2D eigenvalue weighted by Gasteiger charge is 2.36. The van der Waals surface area contributed by atoms with Crippen molar-refractivity contribution in [2.45, 2.75) is 25.3 Å². The van der Waals surface area contributed by atoms with Gasteiger partial charge in [0.15, 0.2) is 11.5 Å². The van der Waals surface area contributed by atoms with Gasteiger partial charge in [0.2, 0.25) is 5.91 Å². The van der Waals surface area contributed by atoms with Crippen LogP contribution in [0, 0.1) is 5.92 Å². The first-order valence-corrected chi connectivity index (χ1v) is 9.92. The van der Waals surface area contributed by atoms with Crippen LogP contribution in [0.2, 0.25) is 5.02 Å². The number of rotatable bonds is 4. The van der Waals surface area contributed by atoms with Gasteiger partial charge in [0.05, 0.1) is 26.2 Å². The predicted molar refractivity (Wildman–Crippen MR) is 107 cm³/mol. The highest BCUT2D eigenvalue weighted by Crippen LogP contribution is 2.39. The topological polar surface area (TPSA) is 48.0 Å². The van der Waals surface area contributed by atoms with Crippen molar-refractivity contribution >= 4 is 17.5 Å². The van der Waals surface area contributed by atoms with Gasteiger partial charge in [-0.15, -0.1) is 0 Å². The molecule has 6 heteroatoms. The fraction of sp³-hybridized carbons (Fsp3) is 0.409. The standard InChI is InChI=1S/C22H24ClNO4/c1-26-20-7-5-14(12-21(20)27-2)18-4-3-9-24(18)22(25)16-10-15-11-17(23)6-8-19(15)28-13-16/h5-8,11-12,16,18H,3-4,9-10,13H2,1-2H3. The Morgan fingerprint density at radius 1 is 1.14 bits per heavy atom. The number of benzene rings is 2. The van der Waals surface area contributed by atoms with Crippen LogP contribution in [-0.4, -0.2) is 38.2 Å². The summed E-state index contributed by atoms with van der Waals surface area (Å²) in [5.74, 6) is 2.15. The van der Waals surface area contributed by atoms with Crippen molar-refractivity contribution in [1.29, 1.82) is 0 Å². The Balaban J connectivity index is 1.54. The quantitative estimate of drug-likeness (QED) is 0.767. The normalized spacial score (nSPS) is 21.0. The van der Waals surface area contributed by atoms with Gasteiger partial charge in [-0.3, -0.25) is 4.79 Å². The third-order valence-corrected chi connectivity index (χ3v) is 5.84. The smallest absolute Gasteiger partial charge is 0.229 e. The SMILES string of the molecule is COc1ccc(C2CCCN2C(=O)C2COc3ccc(Cl)cc3C2)cc1OC. The molecular weight excluding hydrogens is 378 g/mol. The molecule has 0 saturated carbocycles. The number of ether oxygens (including phenoxy) is 3. The number of likely N-dealkylation sites (tertiary alicyclic amines) is 1. The largest absolute Gasteiger partial charge is 0.493 e. The zero-order chi connectivity index (χ0) is 19.7. The van der Waals surface area contributed by atoms with Gasteiger partial charge >= 0.3 is 0 Å². The Morgan fingerprint density at radius 3 is 2.75 bits per heavy atom. The van der Waals surface area contributed by atoms with Crippen LogP contribution in [0.15, 0.2) is 36.4 Å². The van der Waals surface area contributed by atoms with E-state index in [0.29, 0.717) is 29.5 Å². The van der Waals surface area contributed by atoms with Crippen LogP contribution >= 0.6 is 11.6 Å². The minimum Gasteiger partial charge on any atom is -0.493 e. The number of hydrogen-bond acceptors (Lipinski definition) is 4. The summed E-state index contributed by atoms with van der Waals surface area (Å²) in [6.07, 6.45) is 2.59. The van der Waals surface area contributed by atoms with Crippen molar-refractivity contribution < 1.29 is 19.0 Å². The molecule has 28 heavy (non-hydrogen) atoms. The molecule has 0 aromatic heterocycles. The van der Waals surface area contributed by atoms with Crippen LogP contribution in [0.4, 0.5) is 0 Å². The first-order valence-electron chi connectivity index (χ1n) is 9.54. The highest BCUT2D eigenvalue weighted by atomic mass is 35.5. The van der Waals surface area contributed by atoms with Crippen molar-refractivity contribution in [3.8, 4) is 17.2 Å². The number of fused-ring (bicyclic) bond motifs is 1. The summed E-state index contributed by atoms with van der Waals surface area (Å²) < 4.78 is 16.6. The van der Waals surface area contributed by atoms with Crippen molar-refractivity contribution in [2.24, 2.45) is 5.92 Å². The third kappa shape index (κ3) is 3.51. The van der Waals surface area contributed by atoms with E-state index in [1.165, 1.54) is 0 Å². The molecule has 2 aromatic carbocycles. The van der Waals surface area contributed by atoms with E-state index < -0.39 is 0 Å². The van der Waals surface area contributed by atoms with E-state index in [0.717, 1.165) is 36.3 Å². The second-order valence-electron chi connectivity index (χ2n) is 7.27. The van der Waals surface area contributed by atoms with Gasteiger partial charge in [-0.05, 0) is 60.7 Å². The first kappa shape index (κ1) is 18.9. The Kier molecular flexibility index (Phi) is 5.36. The molecule has 2 unspecified atom stereocenters. The Hall–Kier alpha value is -2.40. The van der Waals surface area contributed by atoms with Crippen LogP contribution < -0.4 is 14.2 Å². The number of methoxy groups -OCH3 is 2. The lowest BCUT2D eigenvalue weighted by atomic mass is 9.94. The monoisotopic (exact) mass is 401 g/mol. The molecule has 0 radical (unpaired) electrons. The third-order valence-electron chi connectivity index (χ3n) is 5.61. The van der Waals surface area contributed by atoms with Gasteiger partial charge in [-0.25, -0.2) is 0 Å². The fourth-order valence-electron chi connectivity index (χ4n) is 4.19. The summed E-state index contributed by atoms with van der Waals surface area (Å²) in [4.78, 5) is 15.3. The summed E-state index contributed by atoms with van der Waals surface area (Å²) >= 11 is 6.11. The Labute approximate surface area is 170 Å². The molecule has 4 rings (SSSR count). The summed E-state index contributed by atoms with van der Waals surface area (Å²) in [5.41, 5.74) is 2.07. The summed E-state index contributed by atoms with van der Waals surface area (Å²) in [5, 5.41) is 0.667. The van der Waals surface area contributed by atoms with E-state index in [1.807, 2.05) is 41.3 Å². The number of halogens is 1. The fourth-order valence-corrected chi connectivity index (χ4v) is 4.39. The molecule has 2 aliphatic rings. The zero-order valence-corrected chi connectivity index (χ0v) is 16.9. The first-order chi connectivity index (χ1) is 13.6. The molecule has 2 aromatic rings. The predicted octanol–water partition coefficient (Wildman–Crippen LogP) is 4.27. The van der Waals surface area contributed by atoms with Gasteiger partial charge < -0.3 is 19.1 Å². The maximum Gasteiger partial charge on any atom is 0.229 e. The van der Waals surface area contributed by atoms with E-state index in [4.69, 9.17) is 25.8 Å². The van der Waals surface area contributed by atoms with Crippen molar-refractivity contribution in [2.75, 3.05) is 27.4 Å². The lowest BCUT2D eigenvalue weighted by Gasteiger charge is -2.32. The van der Waals surface area contributed by atoms with E-state index in [9.17, 15) is 4.79 Å². The molecule has 5 nitrogen and oxygen atoms in total. The molecule has 0 N–H and O–H groups in total. The minimum absolute atomic E-state index is 0.0491. The number of amides is 1. The molecule has 2 aliphatic heterocycles. The van der Waals surface area contributed by atoms with Crippen molar-refractivity contribution in [3.05, 3.63) is 52.5 Å². The average molecular weight is 402 g/mol. The lowest BCUT2D eigenvalue weighted by molar-refractivity contribution is -0.137. The molecule has 1 amide bonds. The number of carbonyl (C=O) groups excluding carboxylic acids is 1. The van der Waals surface area contributed by atoms with E-state index in [2.05, 4.69) is 0 Å². The molecule has 0 spiro atoms. The van der Waals surface area contributed by atoms with Crippen LogP contribution in [0.3, 0.4) is 0 Å². The Bertz CT molecular complexity index is 885. The van der Waals surface area contributed by atoms with Crippen LogP contribution in [0.25, 0.3) is 0 Å². The van der Waals surface area contributed by atoms with E-state index in [-0.39, 0.29) is 17.9 Å². The van der Waals surface area contributed by atoms with Crippen molar-refractivity contribution in [1.82, 2.24) is 4.90 Å². The molecule has 1 saturated heterocycles. The van der Waals surface area contributed by atoms with Crippen molar-refractivity contribution in [3.63, 3.8) is 0 Å². The zero-order valence-electron chi connectivity index (χ0n) is 16.1. The maximum absolute atomic E-state index is 13.3. The van der Waals surface area contributed by atoms with Gasteiger partial charge in [0.25, 0.3) is 0 Å². The van der Waals surface area contributed by atoms with Crippen LogP contribution in [0.1, 0.15) is 30.0 Å². The number of hydrogen-bond donors (Lipinski definition) is 0. The molecular formula is C22H24ClNO4. The lowest BCUT2D eigenvalue weighted by Crippen LogP contribution is -2.40. The summed E-state index contributed by atoms with van der Waals surface area (Å²) in [6, 6.07) is 11.5. The van der Waals surface area contributed by atoms with Gasteiger partial charge in [-0.2, -0.15) is 0 Å². The summed E-state index contributed by atoms with van der Waals surface area (Å²) in [7, 11) is 3.25. The second-order valence-corrected chi connectivity index (χ2v) is 7.70. The van der Waals surface area contributed by atoms with E-state index in [1.54, 1.807) is 14.2 Å². The minimum atomic E-state index is -0.188. The van der Waals surface area contributed by atoms with Crippen LogP contribution in [0.5, 0.6) is 17.2 Å². The maximum atomic E-state index is 13.3. The van der Waals surface area contributed by atoms with Gasteiger partial charge in [0, 0.05) is 11.6 Å². The van der Waals surface area contributed by atoms with Gasteiger partial charge in [-0.1, -0.05) is 17.7 Å². The second kappa shape index (κ2) is 7.92. The number of nitrogens with zero attached hydrogens (tertiary/aromatic N) is 1.